The van der Waals surface area contributed by atoms with Crippen molar-refractivity contribution in [2.24, 2.45) is 5.92 Å². The molecule has 0 aliphatic heterocycles. The number of halogens is 1. The first-order valence-electron chi connectivity index (χ1n) is 10.1. The smallest absolute Gasteiger partial charge is 0.252 e. The Kier molecular flexibility index (Phi) is 8.45. The second-order valence-corrected chi connectivity index (χ2v) is 10.2. The molecule has 1 atom stereocenters. The van der Waals surface area contributed by atoms with Crippen molar-refractivity contribution in [3.8, 4) is 0 Å². The molecule has 3 rings (SSSR count). The van der Waals surface area contributed by atoms with Crippen LogP contribution in [0.25, 0.3) is 0 Å². The zero-order valence-electron chi connectivity index (χ0n) is 16.6. The van der Waals surface area contributed by atoms with Gasteiger partial charge in [0.1, 0.15) is 0 Å². The maximum Gasteiger partial charge on any atom is 0.252 e. The van der Waals surface area contributed by atoms with Gasteiger partial charge in [-0.05, 0) is 49.9 Å². The van der Waals surface area contributed by atoms with Crippen molar-refractivity contribution in [2.75, 3.05) is 12.3 Å². The summed E-state index contributed by atoms with van der Waals surface area (Å²) in [5, 5.41) is 6.08. The lowest BCUT2D eigenvalue weighted by Gasteiger charge is -2.21. The lowest BCUT2D eigenvalue weighted by Crippen LogP contribution is -2.31. The molecule has 4 nitrogen and oxygen atoms in total. The zero-order valence-corrected chi connectivity index (χ0v) is 19.0. The van der Waals surface area contributed by atoms with E-state index in [-0.39, 0.29) is 17.9 Å². The van der Waals surface area contributed by atoms with Crippen molar-refractivity contribution in [2.45, 2.75) is 50.0 Å². The van der Waals surface area contributed by atoms with Crippen LogP contribution in [-0.4, -0.2) is 24.1 Å². The highest BCUT2D eigenvalue weighted by Gasteiger charge is 2.18. The van der Waals surface area contributed by atoms with E-state index in [9.17, 15) is 9.59 Å². The summed E-state index contributed by atoms with van der Waals surface area (Å²) in [4.78, 5) is 26.9. The zero-order chi connectivity index (χ0) is 20.6. The SMILES string of the molecule is CC(NC(=O)c1ccccc1SCC(=O)NCC1CCCCC1)c1ccc(Cl)s1. The molecule has 1 saturated carbocycles. The van der Waals surface area contributed by atoms with Crippen LogP contribution in [0.3, 0.4) is 0 Å². The van der Waals surface area contributed by atoms with Crippen LogP contribution in [0.2, 0.25) is 4.34 Å². The van der Waals surface area contributed by atoms with Crippen molar-refractivity contribution >= 4 is 46.5 Å². The van der Waals surface area contributed by atoms with Gasteiger partial charge in [0.05, 0.1) is 21.7 Å². The van der Waals surface area contributed by atoms with Crippen LogP contribution in [-0.2, 0) is 4.79 Å². The second kappa shape index (κ2) is 11.0. The predicted octanol–water partition coefficient (Wildman–Crippen LogP) is 5.68. The van der Waals surface area contributed by atoms with Gasteiger partial charge in [0, 0.05) is 16.3 Å². The molecule has 29 heavy (non-hydrogen) atoms. The minimum absolute atomic E-state index is 0.0254. The van der Waals surface area contributed by atoms with Crippen molar-refractivity contribution in [1.29, 1.82) is 0 Å². The van der Waals surface area contributed by atoms with Gasteiger partial charge in [-0.1, -0.05) is 43.0 Å². The standard InChI is InChI=1S/C22H27ClN2O2S2/c1-15(18-11-12-20(23)29-18)25-22(27)17-9-5-6-10-19(17)28-14-21(26)24-13-16-7-3-2-4-8-16/h5-6,9-12,15-16H,2-4,7-8,13-14H2,1H3,(H,24,26)(H,25,27). The molecule has 1 fully saturated rings. The average molecular weight is 451 g/mol. The molecule has 0 bridgehead atoms. The van der Waals surface area contributed by atoms with Gasteiger partial charge >= 0.3 is 0 Å². The number of nitrogens with one attached hydrogen (secondary N) is 2. The van der Waals surface area contributed by atoms with Crippen LogP contribution < -0.4 is 10.6 Å². The molecular weight excluding hydrogens is 424 g/mol. The fourth-order valence-corrected chi connectivity index (χ4v) is 5.47. The van der Waals surface area contributed by atoms with E-state index >= 15 is 0 Å². The van der Waals surface area contributed by atoms with E-state index in [0.717, 1.165) is 16.3 Å². The second-order valence-electron chi connectivity index (χ2n) is 7.43. The van der Waals surface area contributed by atoms with Gasteiger partial charge in [-0.2, -0.15) is 0 Å². The summed E-state index contributed by atoms with van der Waals surface area (Å²) in [5.41, 5.74) is 0.590. The maximum absolute atomic E-state index is 12.8. The molecule has 2 amide bonds. The largest absolute Gasteiger partial charge is 0.355 e. The first-order chi connectivity index (χ1) is 14.0. The molecule has 1 aromatic carbocycles. The van der Waals surface area contributed by atoms with Crippen LogP contribution >= 0.6 is 34.7 Å². The molecule has 0 radical (unpaired) electrons. The van der Waals surface area contributed by atoms with Crippen molar-refractivity contribution in [1.82, 2.24) is 10.6 Å². The quantitative estimate of drug-likeness (QED) is 0.508. The lowest BCUT2D eigenvalue weighted by molar-refractivity contribution is -0.118. The summed E-state index contributed by atoms with van der Waals surface area (Å²) >= 11 is 8.86. The van der Waals surface area contributed by atoms with E-state index in [2.05, 4.69) is 10.6 Å². The van der Waals surface area contributed by atoms with E-state index in [1.165, 1.54) is 55.2 Å². The predicted molar refractivity (Wildman–Crippen MR) is 122 cm³/mol. The van der Waals surface area contributed by atoms with Gasteiger partial charge in [-0.3, -0.25) is 9.59 Å². The Labute approximate surface area is 185 Å². The summed E-state index contributed by atoms with van der Waals surface area (Å²) < 4.78 is 0.705. The Morgan fingerprint density at radius 2 is 1.93 bits per heavy atom. The first kappa shape index (κ1) is 22.2. The van der Waals surface area contributed by atoms with E-state index in [4.69, 9.17) is 11.6 Å². The highest BCUT2D eigenvalue weighted by molar-refractivity contribution is 8.00. The molecule has 7 heteroatoms. The molecule has 1 unspecified atom stereocenters. The third-order valence-electron chi connectivity index (χ3n) is 5.17. The first-order valence-corrected chi connectivity index (χ1v) is 12.3. The van der Waals surface area contributed by atoms with E-state index in [1.807, 2.05) is 37.3 Å². The Bertz CT molecular complexity index is 834. The molecule has 2 aromatic rings. The lowest BCUT2D eigenvalue weighted by atomic mass is 9.89. The third kappa shape index (κ3) is 6.76. The fraction of sp³-hybridized carbons (Fsp3) is 0.455. The topological polar surface area (TPSA) is 58.2 Å². The number of carbonyl (C=O) groups excluding carboxylic acids is 2. The van der Waals surface area contributed by atoms with Crippen LogP contribution in [0.4, 0.5) is 0 Å². The molecule has 1 aliphatic rings. The van der Waals surface area contributed by atoms with Crippen LogP contribution in [0.15, 0.2) is 41.3 Å². The van der Waals surface area contributed by atoms with E-state index < -0.39 is 0 Å². The number of carbonyl (C=O) groups is 2. The molecule has 1 aromatic heterocycles. The molecule has 1 heterocycles. The van der Waals surface area contributed by atoms with E-state index in [0.29, 0.717) is 21.6 Å². The number of amides is 2. The van der Waals surface area contributed by atoms with Gasteiger partial charge in [0.25, 0.3) is 5.91 Å². The monoisotopic (exact) mass is 450 g/mol. The van der Waals surface area contributed by atoms with Gasteiger partial charge < -0.3 is 10.6 Å². The molecule has 0 saturated heterocycles. The number of thioether (sulfide) groups is 1. The Morgan fingerprint density at radius 3 is 2.66 bits per heavy atom. The van der Waals surface area contributed by atoms with Crippen LogP contribution in [0.5, 0.6) is 0 Å². The molecule has 2 N–H and O–H groups in total. The van der Waals surface area contributed by atoms with Crippen LogP contribution in [0.1, 0.15) is 60.3 Å². The fourth-order valence-electron chi connectivity index (χ4n) is 3.53. The molecule has 1 aliphatic carbocycles. The Balaban J connectivity index is 1.52. The number of hydrogen-bond donors (Lipinski definition) is 2. The Morgan fingerprint density at radius 1 is 1.17 bits per heavy atom. The van der Waals surface area contributed by atoms with Gasteiger partial charge in [-0.15, -0.1) is 23.1 Å². The van der Waals surface area contributed by atoms with Gasteiger partial charge in [-0.25, -0.2) is 0 Å². The third-order valence-corrected chi connectivity index (χ3v) is 7.66. The number of hydrogen-bond acceptors (Lipinski definition) is 4. The molecule has 0 spiro atoms. The van der Waals surface area contributed by atoms with Crippen molar-refractivity contribution < 1.29 is 9.59 Å². The normalized spacial score (nSPS) is 15.7. The summed E-state index contributed by atoms with van der Waals surface area (Å²) in [5.74, 6) is 0.806. The highest BCUT2D eigenvalue weighted by atomic mass is 35.5. The number of rotatable bonds is 8. The van der Waals surface area contributed by atoms with Gasteiger partial charge in [0.2, 0.25) is 5.91 Å². The Hall–Kier alpha value is -1.50. The number of thiophene rings is 1. The minimum atomic E-state index is -0.146. The van der Waals surface area contributed by atoms with Crippen molar-refractivity contribution in [3.63, 3.8) is 0 Å². The van der Waals surface area contributed by atoms with Crippen molar-refractivity contribution in [3.05, 3.63) is 51.2 Å². The summed E-state index contributed by atoms with van der Waals surface area (Å²) in [6, 6.07) is 11.1. The molecular formula is C22H27ClN2O2S2. The summed E-state index contributed by atoms with van der Waals surface area (Å²) in [6.45, 7) is 2.71. The van der Waals surface area contributed by atoms with E-state index in [1.54, 1.807) is 6.07 Å². The summed E-state index contributed by atoms with van der Waals surface area (Å²) in [7, 11) is 0. The summed E-state index contributed by atoms with van der Waals surface area (Å²) in [6.07, 6.45) is 6.28. The molecule has 156 valence electrons. The minimum Gasteiger partial charge on any atom is -0.355 e. The highest BCUT2D eigenvalue weighted by Crippen LogP contribution is 2.28. The van der Waals surface area contributed by atoms with Gasteiger partial charge in [0.15, 0.2) is 0 Å². The average Bonchev–Trinajstić information content (AvgIpc) is 3.18. The number of benzene rings is 1. The van der Waals surface area contributed by atoms with Crippen LogP contribution in [0, 0.1) is 5.92 Å². The maximum atomic E-state index is 12.8.